The molecule has 1 aromatic rings. The van der Waals surface area contributed by atoms with E-state index in [0.717, 1.165) is 4.31 Å². The summed E-state index contributed by atoms with van der Waals surface area (Å²) in [5.41, 5.74) is -0.466. The molecule has 25 heavy (non-hydrogen) atoms. The zero-order valence-corrected chi connectivity index (χ0v) is 16.7. The number of carbonyl (C=O) groups is 1. The Kier molecular flexibility index (Phi) is 5.06. The van der Waals surface area contributed by atoms with E-state index in [1.165, 1.54) is 18.2 Å². The third kappa shape index (κ3) is 3.73. The Morgan fingerprint density at radius 1 is 1.32 bits per heavy atom. The maximum absolute atomic E-state index is 12.4. The summed E-state index contributed by atoms with van der Waals surface area (Å²) in [6.07, 6.45) is 0.645. The molecule has 0 saturated carbocycles. The molecular weight excluding hydrogens is 364 g/mol. The van der Waals surface area contributed by atoms with Gasteiger partial charge >= 0.3 is 0 Å². The molecule has 1 amide bonds. The summed E-state index contributed by atoms with van der Waals surface area (Å²) in [7, 11) is -7.48. The van der Waals surface area contributed by atoms with E-state index in [0.29, 0.717) is 12.0 Å². The summed E-state index contributed by atoms with van der Waals surface area (Å²) >= 11 is 0. The Morgan fingerprint density at radius 3 is 2.36 bits per heavy atom. The van der Waals surface area contributed by atoms with Crippen LogP contribution >= 0.6 is 0 Å². The molecule has 1 aliphatic heterocycles. The number of anilines is 1. The lowest BCUT2D eigenvalue weighted by atomic mass is 9.95. The van der Waals surface area contributed by atoms with Crippen molar-refractivity contribution in [2.24, 2.45) is 5.41 Å². The topological polar surface area (TPSA) is 101 Å². The van der Waals surface area contributed by atoms with E-state index in [-0.39, 0.29) is 22.4 Å². The van der Waals surface area contributed by atoms with Gasteiger partial charge in [-0.3, -0.25) is 4.79 Å². The molecule has 7 nitrogen and oxygen atoms in total. The van der Waals surface area contributed by atoms with Crippen LogP contribution < -0.4 is 9.03 Å². The molecule has 1 N–H and O–H groups in total. The van der Waals surface area contributed by atoms with E-state index < -0.39 is 31.4 Å². The van der Waals surface area contributed by atoms with Gasteiger partial charge in [0.15, 0.2) is 0 Å². The molecule has 0 aromatic heterocycles. The van der Waals surface area contributed by atoms with Gasteiger partial charge in [0.2, 0.25) is 26.0 Å². The van der Waals surface area contributed by atoms with Gasteiger partial charge in [-0.05, 0) is 57.9 Å². The van der Waals surface area contributed by atoms with Crippen LogP contribution in [0.15, 0.2) is 23.1 Å². The van der Waals surface area contributed by atoms with Gasteiger partial charge in [-0.1, -0.05) is 6.92 Å². The van der Waals surface area contributed by atoms with Crippen LogP contribution in [0.4, 0.5) is 5.69 Å². The third-order valence-corrected chi connectivity index (χ3v) is 8.01. The van der Waals surface area contributed by atoms with E-state index in [1.54, 1.807) is 27.7 Å². The fourth-order valence-electron chi connectivity index (χ4n) is 2.73. The lowest BCUT2D eigenvalue weighted by molar-refractivity contribution is -0.123. The first-order valence-electron chi connectivity index (χ1n) is 8.02. The monoisotopic (exact) mass is 388 g/mol. The highest BCUT2D eigenvalue weighted by atomic mass is 32.2. The van der Waals surface area contributed by atoms with Gasteiger partial charge in [-0.2, -0.15) is 0 Å². The predicted molar refractivity (Wildman–Crippen MR) is 96.3 cm³/mol. The first-order chi connectivity index (χ1) is 11.3. The van der Waals surface area contributed by atoms with Crippen molar-refractivity contribution in [3.63, 3.8) is 0 Å². The number of hydrogen-bond acceptors (Lipinski definition) is 5. The van der Waals surface area contributed by atoms with Crippen molar-refractivity contribution in [1.82, 2.24) is 4.72 Å². The van der Waals surface area contributed by atoms with Crippen LogP contribution in [0.1, 0.15) is 39.7 Å². The smallest absolute Gasteiger partial charge is 0.247 e. The van der Waals surface area contributed by atoms with E-state index in [4.69, 9.17) is 0 Å². The second kappa shape index (κ2) is 6.37. The lowest BCUT2D eigenvalue weighted by Crippen LogP contribution is -2.34. The normalized spacial score (nSPS) is 20.7. The second-order valence-electron chi connectivity index (χ2n) is 7.09. The Morgan fingerprint density at radius 2 is 1.92 bits per heavy atom. The molecule has 1 atom stereocenters. The van der Waals surface area contributed by atoms with Gasteiger partial charge in [-0.25, -0.2) is 25.9 Å². The molecule has 1 aromatic carbocycles. The Balaban J connectivity index is 2.46. The molecule has 0 radical (unpaired) electrons. The summed E-state index contributed by atoms with van der Waals surface area (Å²) in [6.45, 7) is 8.36. The van der Waals surface area contributed by atoms with Crippen LogP contribution in [-0.2, 0) is 24.8 Å². The highest BCUT2D eigenvalue weighted by Gasteiger charge is 2.50. The number of benzene rings is 1. The Hall–Kier alpha value is -1.45. The molecule has 1 fully saturated rings. The van der Waals surface area contributed by atoms with Gasteiger partial charge in [0.25, 0.3) is 0 Å². The van der Waals surface area contributed by atoms with Crippen LogP contribution in [0.25, 0.3) is 0 Å². The number of sulfonamides is 2. The predicted octanol–water partition coefficient (Wildman–Crippen LogP) is 1.77. The van der Waals surface area contributed by atoms with Gasteiger partial charge in [-0.15, -0.1) is 0 Å². The van der Waals surface area contributed by atoms with Crippen LogP contribution in [0, 0.1) is 12.3 Å². The van der Waals surface area contributed by atoms with Crippen LogP contribution in [0.2, 0.25) is 0 Å². The van der Waals surface area contributed by atoms with Gasteiger partial charge < -0.3 is 0 Å². The second-order valence-corrected chi connectivity index (χ2v) is 10.6. The SMILES string of the molecule is CCC(C)NS(=O)(=O)c1ccc(N2C(=O)C(C)(C)CS2(=O)=O)cc1C. The van der Waals surface area contributed by atoms with Crippen molar-refractivity contribution in [2.45, 2.75) is 52.0 Å². The highest BCUT2D eigenvalue weighted by Crippen LogP contribution is 2.36. The molecule has 140 valence electrons. The van der Waals surface area contributed by atoms with Gasteiger partial charge in [0.05, 0.1) is 21.8 Å². The van der Waals surface area contributed by atoms with E-state index in [1.807, 2.05) is 6.92 Å². The molecule has 1 unspecified atom stereocenters. The molecule has 0 spiro atoms. The molecule has 0 bridgehead atoms. The quantitative estimate of drug-likeness (QED) is 0.828. The fourth-order valence-corrected chi connectivity index (χ4v) is 6.39. The van der Waals surface area contributed by atoms with Crippen molar-refractivity contribution >= 4 is 31.6 Å². The summed E-state index contributed by atoms with van der Waals surface area (Å²) in [5, 5.41) is 0. The average molecular weight is 389 g/mol. The molecule has 9 heteroatoms. The van der Waals surface area contributed by atoms with E-state index >= 15 is 0 Å². The molecule has 1 saturated heterocycles. The number of nitrogens with zero attached hydrogens (tertiary/aromatic N) is 1. The van der Waals surface area contributed by atoms with Crippen LogP contribution in [-0.4, -0.2) is 34.5 Å². The van der Waals surface area contributed by atoms with Crippen molar-refractivity contribution < 1.29 is 21.6 Å². The summed E-state index contributed by atoms with van der Waals surface area (Å²) in [4.78, 5) is 12.5. The van der Waals surface area contributed by atoms with Crippen molar-refractivity contribution in [2.75, 3.05) is 10.1 Å². The number of hydrogen-bond donors (Lipinski definition) is 1. The lowest BCUT2D eigenvalue weighted by Gasteiger charge is -2.19. The van der Waals surface area contributed by atoms with E-state index in [9.17, 15) is 21.6 Å². The summed E-state index contributed by atoms with van der Waals surface area (Å²) in [6, 6.07) is 3.89. The maximum atomic E-state index is 12.4. The highest BCUT2D eigenvalue weighted by molar-refractivity contribution is 7.94. The fraction of sp³-hybridized carbons (Fsp3) is 0.562. The summed E-state index contributed by atoms with van der Waals surface area (Å²) in [5.74, 6) is -0.784. The number of nitrogens with one attached hydrogen (secondary N) is 1. The molecule has 1 aliphatic rings. The molecular formula is C16H24N2O5S2. The number of carbonyl (C=O) groups excluding carboxylic acids is 1. The average Bonchev–Trinajstić information content (AvgIpc) is 2.61. The minimum atomic E-state index is -3.77. The zero-order valence-electron chi connectivity index (χ0n) is 15.0. The van der Waals surface area contributed by atoms with Gasteiger partial charge in [0, 0.05) is 6.04 Å². The Labute approximate surface area is 149 Å². The van der Waals surface area contributed by atoms with Crippen molar-refractivity contribution in [3.8, 4) is 0 Å². The minimum absolute atomic E-state index is 0.0693. The largest absolute Gasteiger partial charge is 0.273 e. The first-order valence-corrected chi connectivity index (χ1v) is 11.1. The summed E-state index contributed by atoms with van der Waals surface area (Å²) < 4.78 is 52.9. The number of aryl methyl sites for hydroxylation is 1. The van der Waals surface area contributed by atoms with Gasteiger partial charge in [0.1, 0.15) is 0 Å². The third-order valence-electron chi connectivity index (χ3n) is 4.24. The number of amides is 1. The molecule has 1 heterocycles. The standard InChI is InChI=1S/C16H24N2O5S2/c1-6-12(3)17-25(22,23)14-8-7-13(9-11(14)2)18-15(19)16(4,5)10-24(18,20)21/h7-9,12,17H,6,10H2,1-5H3. The molecule has 2 rings (SSSR count). The maximum Gasteiger partial charge on any atom is 0.247 e. The van der Waals surface area contributed by atoms with Crippen molar-refractivity contribution in [3.05, 3.63) is 23.8 Å². The van der Waals surface area contributed by atoms with Crippen LogP contribution in [0.5, 0.6) is 0 Å². The van der Waals surface area contributed by atoms with Crippen LogP contribution in [0.3, 0.4) is 0 Å². The first kappa shape index (κ1) is 19.9. The Bertz CT molecular complexity index is 904. The van der Waals surface area contributed by atoms with Crippen molar-refractivity contribution in [1.29, 1.82) is 0 Å². The number of rotatable bonds is 5. The van der Waals surface area contributed by atoms with E-state index in [2.05, 4.69) is 4.72 Å². The minimum Gasteiger partial charge on any atom is -0.273 e. The molecule has 0 aliphatic carbocycles. The zero-order chi connectivity index (χ0) is 19.2.